The second-order valence-corrected chi connectivity index (χ2v) is 12.2. The normalized spacial score (nSPS) is 14.6. The third-order valence-electron chi connectivity index (χ3n) is 7.18. The molecule has 7 amide bonds. The molecule has 1 aromatic carbocycles. The lowest BCUT2D eigenvalue weighted by Gasteiger charge is -2.28. The molecule has 18 heteroatoms. The first kappa shape index (κ1) is 41.8. The minimum absolute atomic E-state index is 0.0465. The maximum Gasteiger partial charge on any atom is 0.305 e. The predicted molar refractivity (Wildman–Crippen MR) is 175 cm³/mol. The minimum Gasteiger partial charge on any atom is -0.508 e. The maximum absolute atomic E-state index is 13.2. The summed E-state index contributed by atoms with van der Waals surface area (Å²) in [6.45, 7) is 8.62. The summed E-state index contributed by atoms with van der Waals surface area (Å²) in [6, 6.07) is -1.44. The van der Waals surface area contributed by atoms with E-state index >= 15 is 0 Å². The van der Waals surface area contributed by atoms with E-state index in [1.807, 2.05) is 0 Å². The molecule has 12 N–H and O–H groups in total. The molecule has 0 aromatic heterocycles. The van der Waals surface area contributed by atoms with Gasteiger partial charge in [0.2, 0.25) is 41.4 Å². The first-order chi connectivity index (χ1) is 22.7. The SMILES string of the molecule is CC(C)[C@H](NC(=O)[C@H](CC(=O)O)NC(=O)[C@@H](C)NC(=O)[C@@H](C)NC(=O)[C@@H](N)Cc1ccc(O)cc1)C(=O)N[C@H](C(=O)NCC(N)=O)C(C)C. The quantitative estimate of drug-likeness (QED) is 0.0702. The number of rotatable bonds is 19. The number of carboxylic acids is 1. The summed E-state index contributed by atoms with van der Waals surface area (Å²) in [5.74, 6) is -8.04. The van der Waals surface area contributed by atoms with Gasteiger partial charge in [0.25, 0.3) is 0 Å². The first-order valence-corrected chi connectivity index (χ1v) is 15.6. The number of hydrogen-bond donors (Lipinski definition) is 10. The third-order valence-corrected chi connectivity index (χ3v) is 7.18. The van der Waals surface area contributed by atoms with Crippen LogP contribution in [0, 0.1) is 11.8 Å². The van der Waals surface area contributed by atoms with Crippen LogP contribution in [0.15, 0.2) is 24.3 Å². The Balaban J connectivity index is 2.89. The smallest absolute Gasteiger partial charge is 0.305 e. The molecule has 1 aromatic rings. The zero-order valence-electron chi connectivity index (χ0n) is 28.4. The number of nitrogens with one attached hydrogen (secondary N) is 6. The lowest BCUT2D eigenvalue weighted by molar-refractivity contribution is -0.141. The molecule has 0 saturated heterocycles. The van der Waals surface area contributed by atoms with E-state index in [2.05, 4.69) is 31.9 Å². The van der Waals surface area contributed by atoms with Gasteiger partial charge in [-0.05, 0) is 49.8 Å². The lowest BCUT2D eigenvalue weighted by Crippen LogP contribution is -2.60. The summed E-state index contributed by atoms with van der Waals surface area (Å²) in [4.78, 5) is 99.7. The van der Waals surface area contributed by atoms with Crippen LogP contribution in [0.4, 0.5) is 0 Å². The van der Waals surface area contributed by atoms with Crippen molar-refractivity contribution >= 4 is 47.3 Å². The number of hydrogen-bond acceptors (Lipinski definition) is 10. The molecule has 0 radical (unpaired) electrons. The van der Waals surface area contributed by atoms with Gasteiger partial charge in [-0.3, -0.25) is 38.4 Å². The highest BCUT2D eigenvalue weighted by atomic mass is 16.4. The molecule has 0 fully saturated rings. The number of carboxylic acid groups (broad SMARTS) is 1. The molecule has 0 bridgehead atoms. The monoisotopic (exact) mass is 692 g/mol. The number of carbonyl (C=O) groups is 8. The van der Waals surface area contributed by atoms with Gasteiger partial charge in [0.15, 0.2) is 0 Å². The Morgan fingerprint density at radius 3 is 1.61 bits per heavy atom. The van der Waals surface area contributed by atoms with Gasteiger partial charge in [-0.1, -0.05) is 39.8 Å². The molecule has 0 heterocycles. The van der Waals surface area contributed by atoms with Gasteiger partial charge in [0.1, 0.15) is 36.0 Å². The van der Waals surface area contributed by atoms with E-state index in [0.717, 1.165) is 0 Å². The summed E-state index contributed by atoms with van der Waals surface area (Å²) in [5, 5.41) is 33.1. The molecule has 0 aliphatic rings. The molecule has 18 nitrogen and oxygen atoms in total. The summed E-state index contributed by atoms with van der Waals surface area (Å²) in [7, 11) is 0. The second-order valence-electron chi connectivity index (χ2n) is 12.2. The Hall–Kier alpha value is -5.26. The van der Waals surface area contributed by atoms with Crippen molar-refractivity contribution in [1.29, 1.82) is 0 Å². The fraction of sp³-hybridized carbons (Fsp3) is 0.548. The van der Waals surface area contributed by atoms with Crippen LogP contribution in [-0.4, -0.2) is 100 Å². The summed E-state index contributed by atoms with van der Waals surface area (Å²) < 4.78 is 0. The Kier molecular flexibility index (Phi) is 16.6. The average Bonchev–Trinajstić information content (AvgIpc) is 3.00. The number of nitrogens with two attached hydrogens (primary N) is 2. The van der Waals surface area contributed by atoms with Crippen LogP contribution in [0.3, 0.4) is 0 Å². The number of amides is 7. The fourth-order valence-electron chi connectivity index (χ4n) is 4.30. The number of aliphatic carboxylic acids is 1. The standard InChI is InChI=1S/C31H48N8O10/c1-14(2)24(30(48)34-13-22(33)41)39-31(49)25(15(3)4)38-29(47)21(12-23(42)43)37-27(45)17(6)35-26(44)16(5)36-28(46)20(32)11-18-7-9-19(40)10-8-18/h7-10,14-17,20-21,24-25,40H,11-13,32H2,1-6H3,(H2,33,41)(H,34,48)(H,35,44)(H,36,46)(H,37,45)(H,38,47)(H,39,49)(H,42,43)/t16-,17-,20+,21+,24+,25+/m1/s1. The zero-order valence-corrected chi connectivity index (χ0v) is 28.4. The van der Waals surface area contributed by atoms with Crippen molar-refractivity contribution in [3.8, 4) is 5.75 Å². The van der Waals surface area contributed by atoms with Gasteiger partial charge in [-0.25, -0.2) is 0 Å². The van der Waals surface area contributed by atoms with Crippen molar-refractivity contribution in [2.24, 2.45) is 23.3 Å². The largest absolute Gasteiger partial charge is 0.508 e. The molecular formula is C31H48N8O10. The van der Waals surface area contributed by atoms with Crippen LogP contribution in [-0.2, 0) is 44.8 Å². The van der Waals surface area contributed by atoms with Gasteiger partial charge in [0, 0.05) is 0 Å². The molecule has 1 rings (SSSR count). The molecule has 0 aliphatic carbocycles. The van der Waals surface area contributed by atoms with E-state index in [1.165, 1.54) is 26.0 Å². The Bertz CT molecular complexity index is 1370. The van der Waals surface area contributed by atoms with Crippen molar-refractivity contribution in [3.63, 3.8) is 0 Å². The van der Waals surface area contributed by atoms with Crippen LogP contribution < -0.4 is 43.4 Å². The second kappa shape index (κ2) is 19.5. The van der Waals surface area contributed by atoms with E-state index in [9.17, 15) is 48.6 Å². The third kappa shape index (κ3) is 14.6. The Labute approximate surface area is 283 Å². The highest BCUT2D eigenvalue weighted by molar-refractivity contribution is 5.97. The summed E-state index contributed by atoms with van der Waals surface area (Å²) in [6.07, 6.45) is -0.754. The van der Waals surface area contributed by atoms with Crippen molar-refractivity contribution < 1.29 is 48.6 Å². The molecule has 49 heavy (non-hydrogen) atoms. The molecule has 272 valence electrons. The number of aromatic hydroxyl groups is 1. The van der Waals surface area contributed by atoms with Gasteiger partial charge >= 0.3 is 5.97 Å². The number of phenolic OH excluding ortho intramolecular Hbond substituents is 1. The van der Waals surface area contributed by atoms with Crippen LogP contribution in [0.1, 0.15) is 53.5 Å². The molecule has 0 aliphatic heterocycles. The van der Waals surface area contributed by atoms with Crippen molar-refractivity contribution in [3.05, 3.63) is 29.8 Å². The number of benzene rings is 1. The lowest BCUT2D eigenvalue weighted by atomic mass is 9.99. The van der Waals surface area contributed by atoms with Crippen molar-refractivity contribution in [1.82, 2.24) is 31.9 Å². The van der Waals surface area contributed by atoms with E-state index in [-0.39, 0.29) is 12.2 Å². The number of carbonyl (C=O) groups excluding carboxylic acids is 7. The summed E-state index contributed by atoms with van der Waals surface area (Å²) in [5.41, 5.74) is 11.7. The molecule has 0 saturated carbocycles. The van der Waals surface area contributed by atoms with E-state index < -0.39 is 108 Å². The van der Waals surface area contributed by atoms with Gasteiger partial charge < -0.3 is 53.6 Å². The highest BCUT2D eigenvalue weighted by Gasteiger charge is 2.34. The highest BCUT2D eigenvalue weighted by Crippen LogP contribution is 2.11. The average molecular weight is 693 g/mol. The topological polar surface area (TPSA) is 301 Å². The van der Waals surface area contributed by atoms with Crippen LogP contribution in [0.2, 0.25) is 0 Å². The van der Waals surface area contributed by atoms with Gasteiger partial charge in [0.05, 0.1) is 19.0 Å². The molecule has 0 spiro atoms. The molecular weight excluding hydrogens is 644 g/mol. The minimum atomic E-state index is -1.67. The van der Waals surface area contributed by atoms with Gasteiger partial charge in [-0.2, -0.15) is 0 Å². The summed E-state index contributed by atoms with van der Waals surface area (Å²) >= 11 is 0. The van der Waals surface area contributed by atoms with Crippen molar-refractivity contribution in [2.45, 2.75) is 90.6 Å². The van der Waals surface area contributed by atoms with E-state index in [0.29, 0.717) is 5.56 Å². The Morgan fingerprint density at radius 2 is 1.12 bits per heavy atom. The van der Waals surface area contributed by atoms with Crippen LogP contribution in [0.5, 0.6) is 5.75 Å². The number of primary amides is 1. The zero-order chi connectivity index (χ0) is 37.6. The van der Waals surface area contributed by atoms with Crippen LogP contribution >= 0.6 is 0 Å². The predicted octanol–water partition coefficient (Wildman–Crippen LogP) is -2.89. The molecule has 6 atom stereocenters. The maximum atomic E-state index is 13.2. The first-order valence-electron chi connectivity index (χ1n) is 15.6. The van der Waals surface area contributed by atoms with E-state index in [1.54, 1.807) is 39.8 Å². The van der Waals surface area contributed by atoms with Crippen molar-refractivity contribution in [2.75, 3.05) is 6.54 Å². The van der Waals surface area contributed by atoms with Gasteiger partial charge in [-0.15, -0.1) is 0 Å². The Morgan fingerprint density at radius 1 is 0.653 bits per heavy atom. The number of phenols is 1. The van der Waals surface area contributed by atoms with Crippen LogP contribution in [0.25, 0.3) is 0 Å². The van der Waals surface area contributed by atoms with E-state index in [4.69, 9.17) is 11.5 Å². The fourth-order valence-corrected chi connectivity index (χ4v) is 4.30. The molecule has 0 unspecified atom stereocenters.